The quantitative estimate of drug-likeness (QED) is 0.606. The Morgan fingerprint density at radius 2 is 2.18 bits per heavy atom. The molecule has 1 rings (SSSR count). The molecule has 0 fully saturated rings. The lowest BCUT2D eigenvalue weighted by Crippen LogP contribution is -2.28. The number of nitrogens with one attached hydrogen (secondary N) is 1. The third-order valence-electron chi connectivity index (χ3n) is 2.02. The number of hydrogen-bond donors (Lipinski definition) is 2. The van der Waals surface area contributed by atoms with Crippen molar-refractivity contribution < 1.29 is 13.9 Å². The molecule has 1 aromatic carbocycles. The lowest BCUT2D eigenvalue weighted by molar-refractivity contribution is 0.0746. The van der Waals surface area contributed by atoms with Gasteiger partial charge >= 0.3 is 0 Å². The van der Waals surface area contributed by atoms with E-state index in [1.54, 1.807) is 0 Å². The number of rotatable bonds is 5. The first-order valence-corrected chi connectivity index (χ1v) is 5.45. The molecule has 0 saturated carbocycles. The monoisotopic (exact) mass is 240 g/mol. The summed E-state index contributed by atoms with van der Waals surface area (Å²) in [5.74, 6) is -0.878. The molecule has 0 saturated heterocycles. The molecule has 3 N–H and O–H groups in total. The zero-order chi connectivity index (χ0) is 12.8. The maximum atomic E-state index is 13.0. The summed E-state index contributed by atoms with van der Waals surface area (Å²) in [6.45, 7) is 4.63. The van der Waals surface area contributed by atoms with Gasteiger partial charge in [0.25, 0.3) is 5.91 Å². The topological polar surface area (TPSA) is 64.3 Å². The predicted octanol–water partition coefficient (Wildman–Crippen LogP) is 1.56. The van der Waals surface area contributed by atoms with E-state index in [1.165, 1.54) is 12.1 Å². The van der Waals surface area contributed by atoms with Crippen molar-refractivity contribution in [2.75, 3.05) is 18.9 Å². The molecule has 0 unspecified atom stereocenters. The number of amides is 1. The minimum Gasteiger partial charge on any atom is -0.399 e. The van der Waals surface area contributed by atoms with Crippen LogP contribution < -0.4 is 11.1 Å². The maximum Gasteiger partial charge on any atom is 0.251 e. The largest absolute Gasteiger partial charge is 0.399 e. The molecule has 17 heavy (non-hydrogen) atoms. The highest BCUT2D eigenvalue weighted by Gasteiger charge is 2.07. The van der Waals surface area contributed by atoms with Gasteiger partial charge in [-0.1, -0.05) is 0 Å². The second kappa shape index (κ2) is 6.20. The molecule has 0 heterocycles. The first-order chi connectivity index (χ1) is 7.99. The molecule has 0 aromatic heterocycles. The van der Waals surface area contributed by atoms with E-state index in [2.05, 4.69) is 5.32 Å². The van der Waals surface area contributed by atoms with Gasteiger partial charge in [0.2, 0.25) is 0 Å². The summed E-state index contributed by atoms with van der Waals surface area (Å²) in [7, 11) is 0. The van der Waals surface area contributed by atoms with Crippen LogP contribution in [0.1, 0.15) is 24.2 Å². The van der Waals surface area contributed by atoms with E-state index in [0.717, 1.165) is 6.07 Å². The first kappa shape index (κ1) is 13.4. The van der Waals surface area contributed by atoms with Crippen molar-refractivity contribution >= 4 is 11.6 Å². The summed E-state index contributed by atoms with van der Waals surface area (Å²) in [6, 6.07) is 3.75. The van der Waals surface area contributed by atoms with Gasteiger partial charge < -0.3 is 15.8 Å². The van der Waals surface area contributed by atoms with Crippen LogP contribution in [0.15, 0.2) is 18.2 Å². The van der Waals surface area contributed by atoms with Gasteiger partial charge in [0.1, 0.15) is 5.82 Å². The van der Waals surface area contributed by atoms with Crippen molar-refractivity contribution in [3.05, 3.63) is 29.6 Å². The summed E-state index contributed by atoms with van der Waals surface area (Å²) in [6.07, 6.45) is 0.122. The number of nitrogen functional groups attached to an aromatic ring is 1. The zero-order valence-electron chi connectivity index (χ0n) is 10.00. The zero-order valence-corrected chi connectivity index (χ0v) is 10.00. The molecule has 1 amide bonds. The lowest BCUT2D eigenvalue weighted by atomic mass is 10.2. The number of ether oxygens (including phenoxy) is 1. The fraction of sp³-hybridized carbons (Fsp3) is 0.417. The van der Waals surface area contributed by atoms with Gasteiger partial charge in [0.05, 0.1) is 12.7 Å². The molecular formula is C12H17FN2O2. The lowest BCUT2D eigenvalue weighted by Gasteiger charge is -2.09. The van der Waals surface area contributed by atoms with Crippen LogP contribution in [-0.4, -0.2) is 25.2 Å². The van der Waals surface area contributed by atoms with E-state index in [-0.39, 0.29) is 23.3 Å². The number of carbonyl (C=O) groups is 1. The standard InChI is InChI=1S/C12H17FN2O2/c1-8(2)17-4-3-15-12(16)9-5-10(13)7-11(14)6-9/h5-8H,3-4,14H2,1-2H3,(H,15,16). The Kier molecular flexibility index (Phi) is 4.90. The highest BCUT2D eigenvalue weighted by molar-refractivity contribution is 5.95. The number of carbonyl (C=O) groups excluding carboxylic acids is 1. The summed E-state index contributed by atoms with van der Waals surface area (Å²) in [5.41, 5.74) is 5.89. The Morgan fingerprint density at radius 1 is 1.47 bits per heavy atom. The van der Waals surface area contributed by atoms with Gasteiger partial charge in [0, 0.05) is 17.8 Å². The van der Waals surface area contributed by atoms with Gasteiger partial charge in [-0.2, -0.15) is 0 Å². The molecule has 0 aliphatic heterocycles. The Morgan fingerprint density at radius 3 is 2.76 bits per heavy atom. The molecule has 0 spiro atoms. The summed E-state index contributed by atoms with van der Waals surface area (Å²) in [5, 5.41) is 2.62. The number of nitrogens with two attached hydrogens (primary N) is 1. The van der Waals surface area contributed by atoms with Crippen LogP contribution in [0, 0.1) is 5.82 Å². The Labute approximate surface area is 100.0 Å². The van der Waals surface area contributed by atoms with E-state index in [0.29, 0.717) is 13.2 Å². The van der Waals surface area contributed by atoms with Gasteiger partial charge in [-0.05, 0) is 32.0 Å². The van der Waals surface area contributed by atoms with Gasteiger partial charge in [-0.25, -0.2) is 4.39 Å². The van der Waals surface area contributed by atoms with E-state index in [1.807, 2.05) is 13.8 Å². The highest BCUT2D eigenvalue weighted by Crippen LogP contribution is 2.10. The van der Waals surface area contributed by atoms with E-state index >= 15 is 0 Å². The maximum absolute atomic E-state index is 13.0. The van der Waals surface area contributed by atoms with Crippen molar-refractivity contribution in [1.29, 1.82) is 0 Å². The first-order valence-electron chi connectivity index (χ1n) is 5.45. The molecule has 1 aromatic rings. The van der Waals surface area contributed by atoms with E-state index < -0.39 is 5.82 Å². The molecule has 5 heteroatoms. The molecule has 0 radical (unpaired) electrons. The molecule has 0 atom stereocenters. The van der Waals surface area contributed by atoms with Crippen LogP contribution in [0.2, 0.25) is 0 Å². The minimum absolute atomic E-state index is 0.122. The Hall–Kier alpha value is -1.62. The van der Waals surface area contributed by atoms with Gasteiger partial charge in [-0.15, -0.1) is 0 Å². The SMILES string of the molecule is CC(C)OCCNC(=O)c1cc(N)cc(F)c1. The second-order valence-electron chi connectivity index (χ2n) is 3.95. The predicted molar refractivity (Wildman–Crippen MR) is 64.2 cm³/mol. The van der Waals surface area contributed by atoms with E-state index in [4.69, 9.17) is 10.5 Å². The number of hydrogen-bond acceptors (Lipinski definition) is 3. The third-order valence-corrected chi connectivity index (χ3v) is 2.02. The summed E-state index contributed by atoms with van der Waals surface area (Å²) < 4.78 is 18.3. The van der Waals surface area contributed by atoms with Crippen molar-refractivity contribution in [3.8, 4) is 0 Å². The van der Waals surface area contributed by atoms with Crippen molar-refractivity contribution in [3.63, 3.8) is 0 Å². The van der Waals surface area contributed by atoms with Crippen LogP contribution in [0.3, 0.4) is 0 Å². The van der Waals surface area contributed by atoms with Crippen LogP contribution >= 0.6 is 0 Å². The molecule has 0 aliphatic carbocycles. The molecule has 0 bridgehead atoms. The van der Waals surface area contributed by atoms with Crippen LogP contribution in [-0.2, 0) is 4.74 Å². The van der Waals surface area contributed by atoms with Crippen molar-refractivity contribution in [2.45, 2.75) is 20.0 Å². The normalized spacial score (nSPS) is 10.6. The van der Waals surface area contributed by atoms with Gasteiger partial charge in [-0.3, -0.25) is 4.79 Å². The average molecular weight is 240 g/mol. The average Bonchev–Trinajstić information content (AvgIpc) is 2.22. The fourth-order valence-electron chi connectivity index (χ4n) is 1.30. The van der Waals surface area contributed by atoms with E-state index in [9.17, 15) is 9.18 Å². The highest BCUT2D eigenvalue weighted by atomic mass is 19.1. The van der Waals surface area contributed by atoms with Crippen LogP contribution in [0.25, 0.3) is 0 Å². The molecule has 0 aliphatic rings. The van der Waals surface area contributed by atoms with Crippen molar-refractivity contribution in [1.82, 2.24) is 5.32 Å². The summed E-state index contributed by atoms with van der Waals surface area (Å²) in [4.78, 5) is 11.6. The number of anilines is 1. The minimum atomic E-state index is -0.520. The van der Waals surface area contributed by atoms with Gasteiger partial charge in [0.15, 0.2) is 0 Å². The number of benzene rings is 1. The fourth-order valence-corrected chi connectivity index (χ4v) is 1.30. The molecule has 94 valence electrons. The van der Waals surface area contributed by atoms with Crippen molar-refractivity contribution in [2.24, 2.45) is 0 Å². The smallest absolute Gasteiger partial charge is 0.251 e. The molecular weight excluding hydrogens is 223 g/mol. The number of halogens is 1. The Bertz CT molecular complexity index is 374. The Balaban J connectivity index is 2.47. The summed E-state index contributed by atoms with van der Waals surface area (Å²) >= 11 is 0. The second-order valence-corrected chi connectivity index (χ2v) is 3.95. The van der Waals surface area contributed by atoms with Crippen LogP contribution in [0.4, 0.5) is 10.1 Å². The third kappa shape index (κ3) is 4.82. The van der Waals surface area contributed by atoms with Crippen LogP contribution in [0.5, 0.6) is 0 Å². The molecule has 4 nitrogen and oxygen atoms in total.